The van der Waals surface area contributed by atoms with Gasteiger partial charge >= 0.3 is 8.56 Å². The van der Waals surface area contributed by atoms with Gasteiger partial charge in [-0.1, -0.05) is 27.7 Å². The Morgan fingerprint density at radius 1 is 0.857 bits per heavy atom. The van der Waals surface area contributed by atoms with Crippen molar-refractivity contribution in [2.24, 2.45) is 17.3 Å². The van der Waals surface area contributed by atoms with E-state index in [-0.39, 0.29) is 58.9 Å². The summed E-state index contributed by atoms with van der Waals surface area (Å²) in [6, 6.07) is 0. The molecule has 6 heterocycles. The first-order valence-corrected chi connectivity index (χ1v) is 15.1. The third-order valence-corrected chi connectivity index (χ3v) is 14.6. The lowest BCUT2D eigenvalue weighted by molar-refractivity contribution is -0.208. The van der Waals surface area contributed by atoms with Crippen LogP contribution in [0.25, 0.3) is 0 Å². The Labute approximate surface area is 205 Å². The predicted octanol–water partition coefficient (Wildman–Crippen LogP) is 2.35. The lowest BCUT2D eigenvalue weighted by Gasteiger charge is -2.63. The van der Waals surface area contributed by atoms with Gasteiger partial charge < -0.3 is 27.8 Å². The summed E-state index contributed by atoms with van der Waals surface area (Å²) in [5.74, 6) is -0.416. The topological polar surface area (TPSA) is 96.1 Å². The molecule has 0 unspecified atom stereocenters. The van der Waals surface area contributed by atoms with E-state index in [0.29, 0.717) is 0 Å². The van der Waals surface area contributed by atoms with Crippen molar-refractivity contribution < 1.29 is 37.4 Å². The molecule has 5 fully saturated rings. The molecule has 0 radical (unpaired) electrons. The highest BCUT2D eigenvalue weighted by Gasteiger charge is 2.80. The van der Waals surface area contributed by atoms with E-state index >= 15 is 0 Å². The highest BCUT2D eigenvalue weighted by molar-refractivity contribution is 6.70. The molecule has 3 aliphatic carbocycles. The van der Waals surface area contributed by atoms with Gasteiger partial charge in [0.05, 0.1) is 30.0 Å². The fraction of sp³-hybridized carbons (Fsp3) is 0.769. The van der Waals surface area contributed by atoms with Gasteiger partial charge in [0.15, 0.2) is 11.6 Å². The van der Waals surface area contributed by atoms with Gasteiger partial charge in [0, 0.05) is 23.0 Å². The standard InChI is InChI=1S/C26H32O8Si/c1-8(2)35(9(3)4)33-18-12-7-29-11(6)16-13-10(5)30-25(26(12,16)24(28)23-21(18)32-23)15-14(13)17(27)20-22(31-20)19(15)34-35/h7-11,13,16,18-23,25H,1-6H3/t10-,11-,13-,16+,18+,19+,20+,21-,22-,23-,25+,26+/m1/s1. The first kappa shape index (κ1) is 21.7. The van der Waals surface area contributed by atoms with Crippen molar-refractivity contribution >= 4 is 20.1 Å². The van der Waals surface area contributed by atoms with Gasteiger partial charge in [-0.05, 0) is 30.5 Å². The zero-order valence-electron chi connectivity index (χ0n) is 20.8. The lowest BCUT2D eigenvalue weighted by atomic mass is 9.45. The van der Waals surface area contributed by atoms with Crippen molar-refractivity contribution in [3.63, 3.8) is 0 Å². The molecule has 0 amide bonds. The molecule has 0 aromatic carbocycles. The van der Waals surface area contributed by atoms with E-state index in [2.05, 4.69) is 27.7 Å². The summed E-state index contributed by atoms with van der Waals surface area (Å²) in [4.78, 5) is 28.1. The van der Waals surface area contributed by atoms with E-state index in [1.54, 1.807) is 6.26 Å². The van der Waals surface area contributed by atoms with Gasteiger partial charge in [-0.3, -0.25) is 9.59 Å². The molecular weight excluding hydrogens is 468 g/mol. The maximum atomic E-state index is 14.3. The van der Waals surface area contributed by atoms with Crippen LogP contribution in [-0.4, -0.2) is 75.1 Å². The maximum absolute atomic E-state index is 14.3. The second kappa shape index (κ2) is 6.37. The number of carbonyl (C=O) groups excluding carboxylic acids is 2. The monoisotopic (exact) mass is 500 g/mol. The van der Waals surface area contributed by atoms with Crippen LogP contribution in [-0.2, 0) is 37.4 Å². The summed E-state index contributed by atoms with van der Waals surface area (Å²) in [7, 11) is -2.94. The summed E-state index contributed by atoms with van der Waals surface area (Å²) in [5.41, 5.74) is 1.71. The van der Waals surface area contributed by atoms with Gasteiger partial charge in [0.25, 0.3) is 0 Å². The van der Waals surface area contributed by atoms with Crippen LogP contribution in [0.4, 0.5) is 0 Å². The summed E-state index contributed by atoms with van der Waals surface area (Å²) < 4.78 is 39.4. The average molecular weight is 501 g/mol. The first-order valence-electron chi connectivity index (χ1n) is 13.1. The second-order valence-electron chi connectivity index (χ2n) is 12.3. The largest absolute Gasteiger partial charge is 0.498 e. The molecule has 9 rings (SSSR count). The smallest absolute Gasteiger partial charge is 0.344 e. The maximum Gasteiger partial charge on any atom is 0.344 e. The Balaban J connectivity index is 1.47. The number of hydrogen-bond acceptors (Lipinski definition) is 8. The van der Waals surface area contributed by atoms with Gasteiger partial charge in [-0.25, -0.2) is 0 Å². The molecule has 0 aromatic rings. The minimum atomic E-state index is -2.94. The summed E-state index contributed by atoms with van der Waals surface area (Å²) in [5, 5.41) is 0. The zero-order valence-corrected chi connectivity index (χ0v) is 21.8. The van der Waals surface area contributed by atoms with E-state index in [9.17, 15) is 9.59 Å². The minimum absolute atomic E-state index is 0.0371. The Kier molecular flexibility index (Phi) is 3.95. The van der Waals surface area contributed by atoms with Crippen molar-refractivity contribution in [3.8, 4) is 0 Å². The molecule has 1 spiro atoms. The first-order chi connectivity index (χ1) is 16.6. The van der Waals surface area contributed by atoms with Gasteiger partial charge in [-0.2, -0.15) is 0 Å². The number of Topliss-reactive ketones (excluding diaryl/α,β-unsaturated/α-hetero) is 2. The Morgan fingerprint density at radius 3 is 2.23 bits per heavy atom. The van der Waals surface area contributed by atoms with Gasteiger partial charge in [-0.15, -0.1) is 0 Å². The van der Waals surface area contributed by atoms with E-state index < -0.39 is 44.5 Å². The Hall–Kier alpha value is -1.36. The van der Waals surface area contributed by atoms with Gasteiger partial charge in [0.2, 0.25) is 0 Å². The molecule has 12 atom stereocenters. The molecule has 0 N–H and O–H groups in total. The fourth-order valence-electron chi connectivity index (χ4n) is 8.71. The van der Waals surface area contributed by atoms with Crippen molar-refractivity contribution in [2.45, 2.75) is 108 Å². The van der Waals surface area contributed by atoms with Crippen LogP contribution < -0.4 is 0 Å². The molecule has 188 valence electrons. The number of carbonyl (C=O) groups is 2. The van der Waals surface area contributed by atoms with Crippen LogP contribution in [0.3, 0.4) is 0 Å². The number of epoxide rings is 2. The average Bonchev–Trinajstić information content (AvgIpc) is 3.71. The number of ketones is 2. The van der Waals surface area contributed by atoms with Crippen LogP contribution in [0.15, 0.2) is 23.0 Å². The molecule has 9 aliphatic rings. The number of fused-ring (bicyclic) bond motifs is 5. The third kappa shape index (κ3) is 2.21. The molecule has 8 nitrogen and oxygen atoms in total. The molecule has 5 bridgehead atoms. The second-order valence-corrected chi connectivity index (χ2v) is 16.5. The van der Waals surface area contributed by atoms with Crippen molar-refractivity contribution in [2.75, 3.05) is 0 Å². The predicted molar refractivity (Wildman–Crippen MR) is 122 cm³/mol. The highest BCUT2D eigenvalue weighted by atomic mass is 28.4. The van der Waals surface area contributed by atoms with E-state index in [4.69, 9.17) is 27.8 Å². The van der Waals surface area contributed by atoms with Crippen LogP contribution in [0.2, 0.25) is 11.1 Å². The summed E-state index contributed by atoms with van der Waals surface area (Å²) in [6.45, 7) is 12.6. The Morgan fingerprint density at radius 2 is 1.51 bits per heavy atom. The van der Waals surface area contributed by atoms with E-state index in [1.807, 2.05) is 13.8 Å². The third-order valence-electron chi connectivity index (χ3n) is 10.2. The van der Waals surface area contributed by atoms with Crippen molar-refractivity contribution in [3.05, 3.63) is 23.0 Å². The molecule has 9 heteroatoms. The SMILES string of the molecule is CC(C)[Si]1(C(C)C)O[C@H]2C3=CO[C@H](C)[C@H]4[C@H]5C6=C([C@H](O1)[C@H]1O[C@H]1C6=O)[C@H](O[C@@H]5C)[C@@]34C(=O)[C@@H]1O[C@@H]12. The fourth-order valence-corrected chi connectivity index (χ4v) is 12.5. The lowest BCUT2D eigenvalue weighted by Crippen LogP contribution is -2.72. The zero-order chi connectivity index (χ0) is 24.3. The summed E-state index contributed by atoms with van der Waals surface area (Å²) >= 11 is 0. The molecular formula is C26H32O8Si. The quantitative estimate of drug-likeness (QED) is 0.421. The van der Waals surface area contributed by atoms with Crippen LogP contribution in [0.1, 0.15) is 41.5 Å². The molecule has 6 aliphatic heterocycles. The van der Waals surface area contributed by atoms with Crippen LogP contribution >= 0.6 is 0 Å². The van der Waals surface area contributed by atoms with Crippen molar-refractivity contribution in [1.29, 1.82) is 0 Å². The molecule has 35 heavy (non-hydrogen) atoms. The number of ether oxygens (including phenoxy) is 4. The van der Waals surface area contributed by atoms with Crippen LogP contribution in [0, 0.1) is 17.3 Å². The van der Waals surface area contributed by atoms with Crippen molar-refractivity contribution in [1.82, 2.24) is 0 Å². The molecule has 4 saturated heterocycles. The Bertz CT molecular complexity index is 1130. The van der Waals surface area contributed by atoms with E-state index in [0.717, 1.165) is 16.7 Å². The normalized spacial score (nSPS) is 53.8. The minimum Gasteiger partial charge on any atom is -0.498 e. The molecule has 0 aromatic heterocycles. The van der Waals surface area contributed by atoms with E-state index in [1.165, 1.54) is 0 Å². The number of hydrogen-bond donors (Lipinski definition) is 0. The highest BCUT2D eigenvalue weighted by Crippen LogP contribution is 2.69. The van der Waals surface area contributed by atoms with Crippen LogP contribution in [0.5, 0.6) is 0 Å². The summed E-state index contributed by atoms with van der Waals surface area (Å²) in [6.07, 6.45) is -1.86. The van der Waals surface area contributed by atoms with Gasteiger partial charge in [0.1, 0.15) is 36.6 Å². The number of rotatable bonds is 2. The molecule has 1 saturated carbocycles.